The third-order valence-electron chi connectivity index (χ3n) is 8.09. The molecule has 6 rings (SSSR count). The zero-order valence-electron chi connectivity index (χ0n) is 25.3. The summed E-state index contributed by atoms with van der Waals surface area (Å²) in [4.78, 5) is 31.0. The fourth-order valence-electron chi connectivity index (χ4n) is 5.63. The number of nitriles is 1. The number of benzene rings is 3. The van der Waals surface area contributed by atoms with Crippen LogP contribution >= 0.6 is 0 Å². The minimum absolute atomic E-state index is 0.0664. The van der Waals surface area contributed by atoms with E-state index in [2.05, 4.69) is 24.9 Å². The second-order valence-electron chi connectivity index (χ2n) is 11.0. The number of fused-ring (bicyclic) bond motifs is 1. The summed E-state index contributed by atoms with van der Waals surface area (Å²) in [5.74, 6) is 0.806. The van der Waals surface area contributed by atoms with Crippen LogP contribution in [0.4, 0.5) is 5.69 Å². The first-order chi connectivity index (χ1) is 22.4. The third kappa shape index (κ3) is 6.27. The Morgan fingerprint density at radius 3 is 2.61 bits per heavy atom. The Morgan fingerprint density at radius 2 is 1.83 bits per heavy atom. The highest BCUT2D eigenvalue weighted by Gasteiger charge is 2.23. The number of nitrogens with one attached hydrogen (secondary N) is 1. The lowest BCUT2D eigenvalue weighted by molar-refractivity contribution is -0.804. The van der Waals surface area contributed by atoms with Crippen LogP contribution in [0.25, 0.3) is 22.3 Å². The van der Waals surface area contributed by atoms with E-state index in [1.54, 1.807) is 31.2 Å². The lowest BCUT2D eigenvalue weighted by Gasteiger charge is -2.36. The molecule has 0 aliphatic carbocycles. The molecule has 0 saturated carbocycles. The smallest absolute Gasteiger partial charge is 0.301 e. The topological polar surface area (TPSA) is 152 Å². The number of hydrogen-bond acceptors (Lipinski definition) is 10. The van der Waals surface area contributed by atoms with Crippen molar-refractivity contribution in [3.05, 3.63) is 111 Å². The van der Waals surface area contributed by atoms with Crippen molar-refractivity contribution >= 4 is 22.6 Å². The van der Waals surface area contributed by atoms with E-state index in [1.807, 2.05) is 54.6 Å². The van der Waals surface area contributed by atoms with E-state index in [9.17, 15) is 14.8 Å². The summed E-state index contributed by atoms with van der Waals surface area (Å²) in [5.41, 5.74) is 2.59. The molecule has 3 aromatic carbocycles. The number of carbonyl (C=O) groups is 1. The summed E-state index contributed by atoms with van der Waals surface area (Å²) in [6.07, 6.45) is 0.757. The number of piperazine rings is 1. The van der Waals surface area contributed by atoms with Gasteiger partial charge in [-0.05, 0) is 49.1 Å². The van der Waals surface area contributed by atoms with Gasteiger partial charge >= 0.3 is 5.69 Å². The molecule has 5 aromatic rings. The van der Waals surface area contributed by atoms with E-state index in [-0.39, 0.29) is 39.8 Å². The number of anilines is 1. The Kier molecular flexibility index (Phi) is 8.94. The van der Waals surface area contributed by atoms with Gasteiger partial charge in [0.2, 0.25) is 0 Å². The fraction of sp³-hybridized carbons (Fsp3) is 0.265. The van der Waals surface area contributed by atoms with Crippen molar-refractivity contribution in [1.82, 2.24) is 15.4 Å². The maximum absolute atomic E-state index is 13.2. The Morgan fingerprint density at radius 1 is 1.07 bits per heavy atom. The highest BCUT2D eigenvalue weighted by Crippen LogP contribution is 2.30. The van der Waals surface area contributed by atoms with Gasteiger partial charge in [0.1, 0.15) is 11.5 Å². The zero-order valence-corrected chi connectivity index (χ0v) is 25.3. The lowest BCUT2D eigenvalue weighted by atomic mass is 10.0. The van der Waals surface area contributed by atoms with E-state index in [0.717, 1.165) is 50.4 Å². The lowest BCUT2D eigenvalue weighted by Crippen LogP contribution is -2.47. The molecule has 0 spiro atoms. The molecule has 0 bridgehead atoms. The molecule has 1 aliphatic heterocycles. The summed E-state index contributed by atoms with van der Waals surface area (Å²) in [5, 5.41) is 27.7. The predicted octanol–water partition coefficient (Wildman–Crippen LogP) is 3.78. The Hall–Kier alpha value is -5.67. The Labute approximate surface area is 264 Å². The van der Waals surface area contributed by atoms with Gasteiger partial charge < -0.3 is 24.6 Å². The molecule has 1 amide bonds. The molecular weight excluding hydrogens is 588 g/mol. The van der Waals surface area contributed by atoms with Crippen LogP contribution in [0.1, 0.15) is 33.7 Å². The molecule has 0 unspecified atom stereocenters. The van der Waals surface area contributed by atoms with Crippen LogP contribution in [0.3, 0.4) is 0 Å². The van der Waals surface area contributed by atoms with Crippen LogP contribution in [0.2, 0.25) is 0 Å². The number of aromatic nitrogens is 2. The Balaban J connectivity index is 1.02. The summed E-state index contributed by atoms with van der Waals surface area (Å²) >= 11 is 0. The first-order valence-corrected chi connectivity index (χ1v) is 15.0. The monoisotopic (exact) mass is 620 g/mol. The normalized spacial score (nSPS) is 13.4. The van der Waals surface area contributed by atoms with Crippen molar-refractivity contribution in [3.63, 3.8) is 0 Å². The standard InChI is InChI=1S/C34H32N6O6/c1-23-31(41)25-11-7-12-26(33(25)45-32(23)24-9-3-2-4-10-24)34(42)36-15-8-16-38-17-19-39(20-18-38)28-13-5-6-14-30(28)44-22-27-29(21-35)40(43)46-37-27/h2-7,9-14H,8,15-20,22H2,1H3,(H,36,42). The molecular formula is C34H32N6O6. The van der Waals surface area contributed by atoms with Gasteiger partial charge in [-0.25, -0.2) is 0 Å². The largest absolute Gasteiger partial charge is 0.482 e. The van der Waals surface area contributed by atoms with Gasteiger partial charge in [-0.3, -0.25) is 19.1 Å². The van der Waals surface area contributed by atoms with Crippen LogP contribution < -0.4 is 25.3 Å². The van der Waals surface area contributed by atoms with Crippen LogP contribution in [0.15, 0.2) is 86.6 Å². The molecule has 1 saturated heterocycles. The highest BCUT2D eigenvalue weighted by molar-refractivity contribution is 6.05. The molecule has 12 nitrogen and oxygen atoms in total. The Bertz CT molecular complexity index is 1960. The maximum atomic E-state index is 13.2. The van der Waals surface area contributed by atoms with Gasteiger partial charge in [0.25, 0.3) is 11.6 Å². The third-order valence-corrected chi connectivity index (χ3v) is 8.09. The summed E-state index contributed by atoms with van der Waals surface area (Å²) < 4.78 is 16.6. The molecule has 3 heterocycles. The van der Waals surface area contributed by atoms with Crippen LogP contribution in [-0.4, -0.2) is 55.2 Å². The van der Waals surface area contributed by atoms with E-state index >= 15 is 0 Å². The van der Waals surface area contributed by atoms with Gasteiger partial charge in [0.05, 0.1) is 16.6 Å². The second kappa shape index (κ2) is 13.5. The summed E-state index contributed by atoms with van der Waals surface area (Å²) in [6.45, 7) is 6.17. The van der Waals surface area contributed by atoms with E-state index in [1.165, 1.54) is 0 Å². The molecule has 12 heteroatoms. The number of hydrogen-bond donors (Lipinski definition) is 1. The van der Waals surface area contributed by atoms with Crippen molar-refractivity contribution in [2.45, 2.75) is 20.0 Å². The van der Waals surface area contributed by atoms with Crippen molar-refractivity contribution < 1.29 is 23.5 Å². The van der Waals surface area contributed by atoms with Crippen LogP contribution in [0, 0.1) is 23.5 Å². The van der Waals surface area contributed by atoms with Crippen molar-refractivity contribution in [2.75, 3.05) is 44.2 Å². The van der Waals surface area contributed by atoms with Crippen molar-refractivity contribution in [1.29, 1.82) is 5.26 Å². The second-order valence-corrected chi connectivity index (χ2v) is 11.0. The molecule has 1 N–H and O–H groups in total. The van der Waals surface area contributed by atoms with Gasteiger partial charge in [-0.15, -0.1) is 0 Å². The zero-order chi connectivity index (χ0) is 32.0. The summed E-state index contributed by atoms with van der Waals surface area (Å²) in [6, 6.07) is 23.9. The molecule has 0 radical (unpaired) electrons. The number of amides is 1. The van der Waals surface area contributed by atoms with Gasteiger partial charge in [-0.1, -0.05) is 48.5 Å². The van der Waals surface area contributed by atoms with Crippen LogP contribution in [0.5, 0.6) is 5.75 Å². The molecule has 0 atom stereocenters. The average Bonchev–Trinajstić information content (AvgIpc) is 3.46. The quantitative estimate of drug-likeness (QED) is 0.180. The minimum Gasteiger partial charge on any atom is -0.482 e. The number of nitrogens with zero attached hydrogens (tertiary/aromatic N) is 5. The summed E-state index contributed by atoms with van der Waals surface area (Å²) in [7, 11) is 0. The predicted molar refractivity (Wildman–Crippen MR) is 169 cm³/mol. The fourth-order valence-corrected chi connectivity index (χ4v) is 5.63. The maximum Gasteiger partial charge on any atom is 0.301 e. The van der Waals surface area contributed by atoms with Gasteiger partial charge in [0, 0.05) is 49.0 Å². The first-order valence-electron chi connectivity index (χ1n) is 15.0. The van der Waals surface area contributed by atoms with Crippen molar-refractivity contribution in [3.8, 4) is 23.1 Å². The molecule has 1 fully saturated rings. The first kappa shape index (κ1) is 30.4. The molecule has 234 valence electrons. The SMILES string of the molecule is Cc1c(-c2ccccc2)oc2c(C(=O)NCCCN3CCN(c4ccccc4OCc4no[n+]([O-])c4C#N)CC3)cccc2c1=O. The van der Waals surface area contributed by atoms with E-state index in [0.29, 0.717) is 34.6 Å². The number of rotatable bonds is 10. The van der Waals surface area contributed by atoms with Crippen molar-refractivity contribution in [2.24, 2.45) is 0 Å². The number of para-hydroxylation sites is 3. The minimum atomic E-state index is -0.282. The molecule has 46 heavy (non-hydrogen) atoms. The number of carbonyl (C=O) groups excluding carboxylic acids is 1. The van der Waals surface area contributed by atoms with Gasteiger partial charge in [0.15, 0.2) is 23.7 Å². The molecule has 2 aromatic heterocycles. The van der Waals surface area contributed by atoms with E-state index in [4.69, 9.17) is 14.4 Å². The highest BCUT2D eigenvalue weighted by atomic mass is 16.8. The van der Waals surface area contributed by atoms with Gasteiger partial charge in [-0.2, -0.15) is 5.26 Å². The molecule has 1 aliphatic rings. The number of ether oxygens (including phenoxy) is 1. The van der Waals surface area contributed by atoms with Crippen LogP contribution in [-0.2, 0) is 6.61 Å². The average molecular weight is 621 g/mol. The van der Waals surface area contributed by atoms with E-state index < -0.39 is 0 Å².